The first-order valence-corrected chi connectivity index (χ1v) is 19.4. The van der Waals surface area contributed by atoms with E-state index in [0.717, 1.165) is 76.0 Å². The molecule has 2 saturated heterocycles. The molecule has 49 heavy (non-hydrogen) atoms. The highest BCUT2D eigenvalue weighted by molar-refractivity contribution is 8.18. The molecule has 9 nitrogen and oxygen atoms in total. The first-order chi connectivity index (χ1) is 23.0. The topological polar surface area (TPSA) is 114 Å². The minimum atomic E-state index is -0.746. The van der Waals surface area contributed by atoms with Crippen molar-refractivity contribution < 1.29 is 28.8 Å². The van der Waals surface area contributed by atoms with Crippen LogP contribution in [-0.4, -0.2) is 59.9 Å². The van der Waals surface area contributed by atoms with E-state index in [0.29, 0.717) is 55.8 Å². The van der Waals surface area contributed by atoms with Gasteiger partial charge in [-0.15, -0.1) is 0 Å². The second kappa shape index (κ2) is 11.8. The third-order valence-corrected chi connectivity index (χ3v) is 16.1. The highest BCUT2D eigenvalue weighted by atomic mass is 32.2. The molecule has 0 radical (unpaired) electrons. The van der Waals surface area contributed by atoms with Crippen molar-refractivity contribution in [1.29, 1.82) is 0 Å². The van der Waals surface area contributed by atoms with Gasteiger partial charge in [0.05, 0.1) is 29.2 Å². The lowest BCUT2D eigenvalue weighted by Crippen LogP contribution is -2.65. The normalized spacial score (nSPS) is 42.7. The number of imide groups is 1. The zero-order chi connectivity index (χ0) is 35.2. The summed E-state index contributed by atoms with van der Waals surface area (Å²) in [6.45, 7) is 19.7. The Hall–Kier alpha value is -2.46. The van der Waals surface area contributed by atoms with E-state index in [2.05, 4.69) is 69.9 Å². The smallest absolute Gasteiger partial charge is 0.359 e. The molecule has 5 aliphatic carbocycles. The number of rotatable bonds is 3. The largest absolute Gasteiger partial charge is 0.378 e. The summed E-state index contributed by atoms with van der Waals surface area (Å²) < 4.78 is 5.65. The molecule has 2 heterocycles. The van der Waals surface area contributed by atoms with Gasteiger partial charge in [0, 0.05) is 24.6 Å². The van der Waals surface area contributed by atoms with Crippen LogP contribution in [0.1, 0.15) is 113 Å². The van der Waals surface area contributed by atoms with E-state index in [1.54, 1.807) is 5.57 Å². The van der Waals surface area contributed by atoms with Crippen molar-refractivity contribution >= 4 is 40.5 Å². The highest BCUT2D eigenvalue weighted by Gasteiger charge is 2.69. The summed E-state index contributed by atoms with van der Waals surface area (Å²) in [7, 11) is 0. The number of nitrogens with one attached hydrogen (secondary N) is 1. The zero-order valence-electron chi connectivity index (χ0n) is 30.5. The number of allylic oxidation sites excluding steroid dienone is 2. The van der Waals surface area contributed by atoms with Crippen molar-refractivity contribution in [1.82, 2.24) is 10.2 Å². The second-order valence-corrected chi connectivity index (χ2v) is 19.3. The first kappa shape index (κ1) is 35.0. The van der Waals surface area contributed by atoms with Gasteiger partial charge in [0.1, 0.15) is 0 Å². The molecule has 7 atom stereocenters. The maximum atomic E-state index is 14.6. The zero-order valence-corrected chi connectivity index (χ0v) is 31.4. The van der Waals surface area contributed by atoms with Crippen LogP contribution in [0.15, 0.2) is 27.8 Å². The summed E-state index contributed by atoms with van der Waals surface area (Å²) >= 11 is 0.693. The molecular weight excluding hydrogens is 639 g/mol. The standard InChI is InChI=1S/C39H55N3O6S/c1-34(2)14-16-39(32(45)42-18-20-47-21-19-42)17-15-37(6)24(25(39)23-34)8-9-28-36(5)12-11-29(35(3,4)27(36)10-13-38(28,37)7)41-48-30(43)22-26-31(44)40-33(46)49-26/h8,22,25,27-28H,9-21,23H2,1-7H3,(H,40,44,46)/b26-22-,41-29-/t25-,27+,28+,36+,37-,38-,39+/m1/s1. The monoisotopic (exact) mass is 693 g/mol. The van der Waals surface area contributed by atoms with Gasteiger partial charge < -0.3 is 14.5 Å². The van der Waals surface area contributed by atoms with Gasteiger partial charge in [-0.2, -0.15) is 0 Å². The summed E-state index contributed by atoms with van der Waals surface area (Å²) in [5, 5.41) is 6.07. The molecule has 7 aliphatic rings. The number of oxime groups is 1. The van der Waals surface area contributed by atoms with Gasteiger partial charge in [-0.05, 0) is 115 Å². The quantitative estimate of drug-likeness (QED) is 0.142. The van der Waals surface area contributed by atoms with E-state index in [4.69, 9.17) is 9.57 Å². The number of thioether (sulfide) groups is 1. The molecule has 0 aromatic heterocycles. The first-order valence-electron chi connectivity index (χ1n) is 18.6. The molecule has 7 rings (SSSR count). The molecule has 10 heteroatoms. The van der Waals surface area contributed by atoms with E-state index in [-0.39, 0.29) is 43.3 Å². The fourth-order valence-corrected chi connectivity index (χ4v) is 13.0. The molecule has 0 unspecified atom stereocenters. The minimum absolute atomic E-state index is 0.0256. The van der Waals surface area contributed by atoms with Gasteiger partial charge in [0.2, 0.25) is 5.91 Å². The summed E-state index contributed by atoms with van der Waals surface area (Å²) in [6, 6.07) is 0. The molecule has 0 spiro atoms. The lowest BCUT2D eigenvalue weighted by Gasteiger charge is -2.71. The Morgan fingerprint density at radius 2 is 1.69 bits per heavy atom. The lowest BCUT2D eigenvalue weighted by atomic mass is 9.33. The second-order valence-electron chi connectivity index (χ2n) is 18.3. The van der Waals surface area contributed by atoms with Crippen molar-refractivity contribution in [2.45, 2.75) is 113 Å². The minimum Gasteiger partial charge on any atom is -0.378 e. The Kier molecular flexibility index (Phi) is 8.41. The fourth-order valence-electron chi connectivity index (χ4n) is 12.3. The van der Waals surface area contributed by atoms with Crippen LogP contribution >= 0.6 is 11.8 Å². The van der Waals surface area contributed by atoms with Gasteiger partial charge in [0.25, 0.3) is 11.1 Å². The van der Waals surface area contributed by atoms with Gasteiger partial charge in [-0.25, -0.2) is 4.79 Å². The van der Waals surface area contributed by atoms with Crippen molar-refractivity contribution in [3.8, 4) is 0 Å². The number of nitrogens with zero attached hydrogens (tertiary/aromatic N) is 2. The molecule has 268 valence electrons. The molecule has 1 N–H and O–H groups in total. The van der Waals surface area contributed by atoms with Gasteiger partial charge in [0.15, 0.2) is 0 Å². The number of carbonyl (C=O) groups is 4. The summed E-state index contributed by atoms with van der Waals surface area (Å²) in [5.74, 6) is 0.204. The maximum Gasteiger partial charge on any atom is 0.359 e. The summed E-state index contributed by atoms with van der Waals surface area (Å²) in [6.07, 6.45) is 13.8. The van der Waals surface area contributed by atoms with Crippen molar-refractivity contribution in [3.05, 3.63) is 22.6 Å². The number of amides is 3. The third-order valence-electron chi connectivity index (χ3n) is 15.3. The van der Waals surface area contributed by atoms with Crippen LogP contribution in [0.25, 0.3) is 0 Å². The van der Waals surface area contributed by atoms with Crippen LogP contribution in [0.2, 0.25) is 0 Å². The highest BCUT2D eigenvalue weighted by Crippen LogP contribution is 2.75. The van der Waals surface area contributed by atoms with E-state index in [9.17, 15) is 19.2 Å². The van der Waals surface area contributed by atoms with Crippen molar-refractivity contribution in [2.75, 3.05) is 26.3 Å². The Balaban J connectivity index is 1.17. The van der Waals surface area contributed by atoms with Gasteiger partial charge in [-0.3, -0.25) is 19.7 Å². The van der Waals surface area contributed by atoms with Gasteiger partial charge in [-0.1, -0.05) is 65.3 Å². The molecule has 0 aromatic carbocycles. The lowest BCUT2D eigenvalue weighted by molar-refractivity contribution is -0.177. The number of hydrogen-bond donors (Lipinski definition) is 1. The van der Waals surface area contributed by atoms with Gasteiger partial charge >= 0.3 is 5.97 Å². The molecule has 3 amide bonds. The summed E-state index contributed by atoms with van der Waals surface area (Å²) in [5.41, 5.74) is 2.33. The molecule has 0 bridgehead atoms. The fraction of sp³-hybridized carbons (Fsp3) is 0.769. The molecule has 0 aromatic rings. The van der Waals surface area contributed by atoms with Crippen LogP contribution in [-0.2, 0) is 24.0 Å². The number of carbonyl (C=O) groups excluding carboxylic acids is 4. The SMILES string of the molecule is CC1(C)CC[C@]2(C(=O)N3CCOCC3)CC[C@]3(C)C(=CC[C@H]4[C@@]5(C)CC/C(=N/OC(=O)/C=C6\SC(=O)NC6=O)C(C)(C)[C@@H]5CC[C@]43C)[C@H]2C1. The Labute approximate surface area is 295 Å². The number of hydrogen-bond acceptors (Lipinski definition) is 8. The third kappa shape index (κ3) is 5.31. The predicted molar refractivity (Wildman–Crippen MR) is 189 cm³/mol. The summed E-state index contributed by atoms with van der Waals surface area (Å²) in [4.78, 5) is 58.1. The van der Waals surface area contributed by atoms with Crippen LogP contribution in [0, 0.1) is 50.2 Å². The van der Waals surface area contributed by atoms with Crippen LogP contribution in [0.5, 0.6) is 0 Å². The molecule has 4 saturated carbocycles. The maximum absolute atomic E-state index is 14.6. The Morgan fingerprint density at radius 3 is 2.39 bits per heavy atom. The molecule has 2 aliphatic heterocycles. The van der Waals surface area contributed by atoms with Crippen molar-refractivity contribution in [2.24, 2.45) is 55.4 Å². The molecule has 6 fully saturated rings. The van der Waals surface area contributed by atoms with Crippen LogP contribution in [0.4, 0.5) is 4.79 Å². The Bertz CT molecular complexity index is 1560. The Morgan fingerprint density at radius 1 is 0.980 bits per heavy atom. The van der Waals surface area contributed by atoms with E-state index < -0.39 is 17.1 Å². The number of ether oxygens (including phenoxy) is 1. The average Bonchev–Trinajstić information content (AvgIpc) is 3.36. The van der Waals surface area contributed by atoms with E-state index in [1.807, 2.05) is 0 Å². The average molecular weight is 694 g/mol. The van der Waals surface area contributed by atoms with E-state index >= 15 is 0 Å². The van der Waals surface area contributed by atoms with Crippen LogP contribution in [0.3, 0.4) is 0 Å². The molecular formula is C39H55N3O6S. The number of fused-ring (bicyclic) bond motifs is 7. The van der Waals surface area contributed by atoms with Crippen molar-refractivity contribution in [3.63, 3.8) is 0 Å². The predicted octanol–water partition coefficient (Wildman–Crippen LogP) is 7.41. The van der Waals surface area contributed by atoms with Crippen LogP contribution < -0.4 is 5.32 Å². The van der Waals surface area contributed by atoms with E-state index in [1.165, 1.54) is 0 Å². The number of morpholine rings is 1.